The SMILES string of the molecule is CC[C@H](CNC(=O)c1cnccn1)Oc1ccccc1F. The van der Waals surface area contributed by atoms with Gasteiger partial charge in [0.15, 0.2) is 11.6 Å². The second-order valence-corrected chi connectivity index (χ2v) is 4.38. The molecule has 1 atom stereocenters. The van der Waals surface area contributed by atoms with E-state index < -0.39 is 5.82 Å². The maximum absolute atomic E-state index is 13.5. The van der Waals surface area contributed by atoms with Gasteiger partial charge in [-0.15, -0.1) is 0 Å². The van der Waals surface area contributed by atoms with Crippen LogP contribution >= 0.6 is 0 Å². The molecule has 0 saturated carbocycles. The third-order valence-electron chi connectivity index (χ3n) is 2.87. The van der Waals surface area contributed by atoms with Crippen molar-refractivity contribution in [1.82, 2.24) is 15.3 Å². The number of carbonyl (C=O) groups is 1. The van der Waals surface area contributed by atoms with Crippen LogP contribution < -0.4 is 10.1 Å². The number of halogens is 1. The van der Waals surface area contributed by atoms with Crippen molar-refractivity contribution >= 4 is 5.91 Å². The Labute approximate surface area is 122 Å². The maximum Gasteiger partial charge on any atom is 0.271 e. The molecule has 21 heavy (non-hydrogen) atoms. The van der Waals surface area contributed by atoms with Gasteiger partial charge in [0.2, 0.25) is 0 Å². The zero-order valence-electron chi connectivity index (χ0n) is 11.6. The van der Waals surface area contributed by atoms with Crippen molar-refractivity contribution < 1.29 is 13.9 Å². The molecule has 6 heteroatoms. The fourth-order valence-electron chi connectivity index (χ4n) is 1.70. The summed E-state index contributed by atoms with van der Waals surface area (Å²) in [5, 5.41) is 2.70. The Hall–Kier alpha value is -2.50. The Morgan fingerprint density at radius 3 is 2.86 bits per heavy atom. The summed E-state index contributed by atoms with van der Waals surface area (Å²) >= 11 is 0. The molecule has 1 aromatic heterocycles. The predicted molar refractivity (Wildman–Crippen MR) is 75.5 cm³/mol. The largest absolute Gasteiger partial charge is 0.486 e. The van der Waals surface area contributed by atoms with E-state index in [0.717, 1.165) is 0 Å². The highest BCUT2D eigenvalue weighted by molar-refractivity contribution is 5.91. The van der Waals surface area contributed by atoms with Crippen LogP contribution in [0.2, 0.25) is 0 Å². The lowest BCUT2D eigenvalue weighted by atomic mass is 10.2. The van der Waals surface area contributed by atoms with Crippen molar-refractivity contribution in [3.63, 3.8) is 0 Å². The second-order valence-electron chi connectivity index (χ2n) is 4.38. The van der Waals surface area contributed by atoms with Gasteiger partial charge in [-0.1, -0.05) is 19.1 Å². The van der Waals surface area contributed by atoms with Crippen molar-refractivity contribution in [2.24, 2.45) is 0 Å². The zero-order chi connectivity index (χ0) is 15.1. The smallest absolute Gasteiger partial charge is 0.271 e. The molecule has 2 aromatic rings. The summed E-state index contributed by atoms with van der Waals surface area (Å²) in [6.45, 7) is 2.17. The van der Waals surface area contributed by atoms with E-state index in [1.807, 2.05) is 6.92 Å². The first-order valence-corrected chi connectivity index (χ1v) is 6.66. The van der Waals surface area contributed by atoms with Crippen molar-refractivity contribution in [2.45, 2.75) is 19.4 Å². The molecular formula is C15H16FN3O2. The number of nitrogens with zero attached hydrogens (tertiary/aromatic N) is 2. The van der Waals surface area contributed by atoms with E-state index in [9.17, 15) is 9.18 Å². The maximum atomic E-state index is 13.5. The molecule has 1 heterocycles. The second kappa shape index (κ2) is 7.33. The average molecular weight is 289 g/mol. The monoisotopic (exact) mass is 289 g/mol. The highest BCUT2D eigenvalue weighted by Gasteiger charge is 2.14. The van der Waals surface area contributed by atoms with Gasteiger partial charge in [0, 0.05) is 12.4 Å². The molecule has 110 valence electrons. The molecule has 0 bridgehead atoms. The third-order valence-corrected chi connectivity index (χ3v) is 2.87. The molecule has 0 saturated heterocycles. The lowest BCUT2D eigenvalue weighted by Gasteiger charge is -2.18. The molecule has 0 unspecified atom stereocenters. The quantitative estimate of drug-likeness (QED) is 0.885. The number of hydrogen-bond donors (Lipinski definition) is 1. The number of ether oxygens (including phenoxy) is 1. The van der Waals surface area contributed by atoms with E-state index in [4.69, 9.17) is 4.74 Å². The van der Waals surface area contributed by atoms with Gasteiger partial charge < -0.3 is 10.1 Å². The normalized spacial score (nSPS) is 11.7. The van der Waals surface area contributed by atoms with Crippen LogP contribution in [-0.4, -0.2) is 28.5 Å². The number of rotatable bonds is 6. The van der Waals surface area contributed by atoms with Gasteiger partial charge in [-0.3, -0.25) is 9.78 Å². The summed E-state index contributed by atoms with van der Waals surface area (Å²) in [6, 6.07) is 6.19. The van der Waals surface area contributed by atoms with E-state index in [0.29, 0.717) is 6.42 Å². The van der Waals surface area contributed by atoms with Crippen LogP contribution in [0.3, 0.4) is 0 Å². The summed E-state index contributed by atoms with van der Waals surface area (Å²) in [6.07, 6.45) is 4.64. The van der Waals surface area contributed by atoms with Crippen LogP contribution in [0.25, 0.3) is 0 Å². The lowest BCUT2D eigenvalue weighted by Crippen LogP contribution is -2.35. The van der Waals surface area contributed by atoms with Crippen molar-refractivity contribution in [2.75, 3.05) is 6.54 Å². The Balaban J connectivity index is 1.91. The molecule has 0 spiro atoms. The number of para-hydroxylation sites is 1. The van der Waals surface area contributed by atoms with Crippen LogP contribution in [-0.2, 0) is 0 Å². The number of aromatic nitrogens is 2. The fraction of sp³-hybridized carbons (Fsp3) is 0.267. The van der Waals surface area contributed by atoms with Gasteiger partial charge >= 0.3 is 0 Å². The van der Waals surface area contributed by atoms with E-state index >= 15 is 0 Å². The summed E-state index contributed by atoms with van der Waals surface area (Å²) in [5.41, 5.74) is 0.234. The van der Waals surface area contributed by atoms with Gasteiger partial charge in [0.05, 0.1) is 12.7 Å². The molecular weight excluding hydrogens is 273 g/mol. The lowest BCUT2D eigenvalue weighted by molar-refractivity contribution is 0.0919. The molecule has 0 aliphatic carbocycles. The van der Waals surface area contributed by atoms with Crippen molar-refractivity contribution in [3.05, 3.63) is 54.4 Å². The van der Waals surface area contributed by atoms with Gasteiger partial charge in [0.25, 0.3) is 5.91 Å². The van der Waals surface area contributed by atoms with Crippen LogP contribution in [0.4, 0.5) is 4.39 Å². The molecule has 0 aliphatic heterocycles. The summed E-state index contributed by atoms with van der Waals surface area (Å²) < 4.78 is 19.1. The molecule has 2 rings (SSSR count). The van der Waals surface area contributed by atoms with Crippen molar-refractivity contribution in [3.8, 4) is 5.75 Å². The first kappa shape index (κ1) is 14.9. The highest BCUT2D eigenvalue weighted by atomic mass is 19.1. The number of hydrogen-bond acceptors (Lipinski definition) is 4. The number of amides is 1. The predicted octanol–water partition coefficient (Wildman–Crippen LogP) is 2.20. The van der Waals surface area contributed by atoms with Crippen LogP contribution in [0.1, 0.15) is 23.8 Å². The summed E-state index contributed by atoms with van der Waals surface area (Å²) in [4.78, 5) is 19.6. The molecule has 1 N–H and O–H groups in total. The molecule has 0 fully saturated rings. The fourth-order valence-corrected chi connectivity index (χ4v) is 1.70. The van der Waals surface area contributed by atoms with Crippen LogP contribution in [0, 0.1) is 5.82 Å². The Morgan fingerprint density at radius 2 is 2.19 bits per heavy atom. The number of nitrogens with one attached hydrogen (secondary N) is 1. The Bertz CT molecular complexity index is 592. The van der Waals surface area contributed by atoms with Gasteiger partial charge in [0.1, 0.15) is 11.8 Å². The standard InChI is InChI=1S/C15H16FN3O2/c1-2-11(21-14-6-4-3-5-12(14)16)9-19-15(20)13-10-17-7-8-18-13/h3-8,10-11H,2,9H2,1H3,(H,19,20)/t11-/m1/s1. The Morgan fingerprint density at radius 1 is 1.38 bits per heavy atom. The van der Waals surface area contributed by atoms with E-state index in [1.165, 1.54) is 24.7 Å². The van der Waals surface area contributed by atoms with Crippen LogP contribution in [0.15, 0.2) is 42.9 Å². The number of benzene rings is 1. The number of carbonyl (C=O) groups excluding carboxylic acids is 1. The van der Waals surface area contributed by atoms with Gasteiger partial charge in [-0.25, -0.2) is 9.37 Å². The summed E-state index contributed by atoms with van der Waals surface area (Å²) in [5.74, 6) is -0.576. The minimum absolute atomic E-state index is 0.179. The topological polar surface area (TPSA) is 64.1 Å². The summed E-state index contributed by atoms with van der Waals surface area (Å²) in [7, 11) is 0. The first-order valence-electron chi connectivity index (χ1n) is 6.66. The minimum atomic E-state index is -0.420. The molecule has 5 nitrogen and oxygen atoms in total. The van der Waals surface area contributed by atoms with Crippen molar-refractivity contribution in [1.29, 1.82) is 0 Å². The average Bonchev–Trinajstić information content (AvgIpc) is 2.53. The van der Waals surface area contributed by atoms with Gasteiger partial charge in [-0.05, 0) is 18.6 Å². The van der Waals surface area contributed by atoms with E-state index in [-0.39, 0.29) is 30.0 Å². The molecule has 1 amide bonds. The molecule has 1 aromatic carbocycles. The van der Waals surface area contributed by atoms with Gasteiger partial charge in [-0.2, -0.15) is 0 Å². The minimum Gasteiger partial charge on any atom is -0.486 e. The molecule has 0 radical (unpaired) electrons. The first-order chi connectivity index (χ1) is 10.2. The molecule has 0 aliphatic rings. The van der Waals surface area contributed by atoms with E-state index in [1.54, 1.807) is 18.2 Å². The Kier molecular flexibility index (Phi) is 5.20. The zero-order valence-corrected chi connectivity index (χ0v) is 11.6. The highest BCUT2D eigenvalue weighted by Crippen LogP contribution is 2.17. The van der Waals surface area contributed by atoms with E-state index in [2.05, 4.69) is 15.3 Å². The third kappa shape index (κ3) is 4.24. The van der Waals surface area contributed by atoms with Crippen LogP contribution in [0.5, 0.6) is 5.75 Å².